The van der Waals surface area contributed by atoms with Crippen molar-refractivity contribution in [3.8, 4) is 0 Å². The number of hydrogen-bond acceptors (Lipinski definition) is 3. The Hall–Kier alpha value is -1.65. The lowest BCUT2D eigenvalue weighted by Crippen LogP contribution is -2.36. The summed E-state index contributed by atoms with van der Waals surface area (Å²) in [7, 11) is 1.73. The van der Waals surface area contributed by atoms with Crippen molar-refractivity contribution in [1.29, 1.82) is 0 Å². The molecule has 2 rings (SSSR count). The number of nitrogens with one attached hydrogen (secondary N) is 1. The molecule has 5 nitrogen and oxygen atoms in total. The van der Waals surface area contributed by atoms with E-state index in [0.29, 0.717) is 18.2 Å². The van der Waals surface area contributed by atoms with Crippen LogP contribution in [-0.2, 0) is 6.54 Å². The molecule has 0 atom stereocenters. The molecule has 0 fully saturated rings. The second-order valence-corrected chi connectivity index (χ2v) is 3.08. The Morgan fingerprint density at radius 2 is 2.38 bits per heavy atom. The van der Waals surface area contributed by atoms with E-state index in [1.807, 2.05) is 0 Å². The summed E-state index contributed by atoms with van der Waals surface area (Å²) in [5, 5.41) is 2.69. The number of hydrogen-bond donors (Lipinski definition) is 1. The number of aromatic nitrogens is 2. The number of rotatable bonds is 0. The number of fused-ring (bicyclic) bond motifs is 1. The zero-order chi connectivity index (χ0) is 9.42. The van der Waals surface area contributed by atoms with Crippen LogP contribution in [-0.4, -0.2) is 27.9 Å². The van der Waals surface area contributed by atoms with Crippen molar-refractivity contribution in [2.45, 2.75) is 13.5 Å². The third kappa shape index (κ3) is 1.32. The molecule has 0 spiro atoms. The minimum absolute atomic E-state index is 0.120. The molecule has 1 aliphatic heterocycles. The Balaban J connectivity index is 2.42. The first-order valence-corrected chi connectivity index (χ1v) is 4.01. The van der Waals surface area contributed by atoms with Crippen molar-refractivity contribution < 1.29 is 4.79 Å². The van der Waals surface area contributed by atoms with Crippen LogP contribution in [0.4, 0.5) is 10.6 Å². The third-order valence-electron chi connectivity index (χ3n) is 1.96. The summed E-state index contributed by atoms with van der Waals surface area (Å²) in [5.41, 5.74) is 0.952. The minimum atomic E-state index is -0.120. The molecule has 1 N–H and O–H groups in total. The van der Waals surface area contributed by atoms with Gasteiger partial charge in [-0.1, -0.05) is 0 Å². The molecule has 5 heteroatoms. The van der Waals surface area contributed by atoms with Crippen molar-refractivity contribution in [2.75, 3.05) is 12.4 Å². The topological polar surface area (TPSA) is 58.1 Å². The van der Waals surface area contributed by atoms with Crippen LogP contribution in [0.5, 0.6) is 0 Å². The first kappa shape index (κ1) is 7.97. The Morgan fingerprint density at radius 1 is 1.62 bits per heavy atom. The average Bonchev–Trinajstić information content (AvgIpc) is 2.08. The van der Waals surface area contributed by atoms with E-state index in [-0.39, 0.29) is 6.03 Å². The van der Waals surface area contributed by atoms with Crippen molar-refractivity contribution in [1.82, 2.24) is 14.9 Å². The molecule has 0 radical (unpaired) electrons. The fourth-order valence-electron chi connectivity index (χ4n) is 1.24. The van der Waals surface area contributed by atoms with Crippen LogP contribution in [0.3, 0.4) is 0 Å². The second-order valence-electron chi connectivity index (χ2n) is 3.08. The molecule has 0 saturated carbocycles. The van der Waals surface area contributed by atoms with Gasteiger partial charge in [-0.2, -0.15) is 0 Å². The lowest BCUT2D eigenvalue weighted by atomic mass is 10.2. The number of aryl methyl sites for hydroxylation is 1. The molecular weight excluding hydrogens is 168 g/mol. The Kier molecular flexibility index (Phi) is 1.65. The highest BCUT2D eigenvalue weighted by atomic mass is 16.2. The largest absolute Gasteiger partial charge is 0.323 e. The molecule has 2 amide bonds. The van der Waals surface area contributed by atoms with E-state index in [2.05, 4.69) is 15.3 Å². The highest BCUT2D eigenvalue weighted by molar-refractivity contribution is 5.90. The van der Waals surface area contributed by atoms with Gasteiger partial charge in [-0.3, -0.25) is 5.32 Å². The van der Waals surface area contributed by atoms with Crippen LogP contribution in [0.1, 0.15) is 11.4 Å². The van der Waals surface area contributed by atoms with E-state index in [9.17, 15) is 4.79 Å². The van der Waals surface area contributed by atoms with Gasteiger partial charge in [0.1, 0.15) is 11.6 Å². The predicted molar refractivity (Wildman–Crippen MR) is 47.3 cm³/mol. The Morgan fingerprint density at radius 3 is 3.15 bits per heavy atom. The summed E-state index contributed by atoms with van der Waals surface area (Å²) in [6.07, 6.45) is 1.74. The maximum Gasteiger partial charge on any atom is 0.323 e. The first-order chi connectivity index (χ1) is 6.16. The molecule has 2 heterocycles. The van der Waals surface area contributed by atoms with Gasteiger partial charge >= 0.3 is 6.03 Å². The highest BCUT2D eigenvalue weighted by Crippen LogP contribution is 2.18. The molecule has 0 saturated heterocycles. The molecule has 13 heavy (non-hydrogen) atoms. The normalized spacial score (nSPS) is 15.2. The van der Waals surface area contributed by atoms with Gasteiger partial charge in [0.05, 0.1) is 6.54 Å². The molecule has 0 aromatic carbocycles. The van der Waals surface area contributed by atoms with Crippen LogP contribution in [0.15, 0.2) is 6.20 Å². The molecule has 0 bridgehead atoms. The zero-order valence-corrected chi connectivity index (χ0v) is 7.53. The van der Waals surface area contributed by atoms with E-state index in [4.69, 9.17) is 0 Å². The van der Waals surface area contributed by atoms with Gasteiger partial charge in [0, 0.05) is 18.8 Å². The predicted octanol–water partition coefficient (Wildman–Crippen LogP) is 0.762. The fourth-order valence-corrected chi connectivity index (χ4v) is 1.24. The smallest absolute Gasteiger partial charge is 0.323 e. The molecule has 1 aromatic rings. The summed E-state index contributed by atoms with van der Waals surface area (Å²) < 4.78 is 0. The lowest BCUT2D eigenvalue weighted by molar-refractivity contribution is 0.218. The van der Waals surface area contributed by atoms with Gasteiger partial charge in [0.2, 0.25) is 0 Å². The molecule has 68 valence electrons. The summed E-state index contributed by atoms with van der Waals surface area (Å²) in [4.78, 5) is 21.0. The SMILES string of the molecule is Cc1ncc2c(n1)NC(=O)N(C)C2. The molecule has 0 aliphatic carbocycles. The number of nitrogens with zero attached hydrogens (tertiary/aromatic N) is 3. The summed E-state index contributed by atoms with van der Waals surface area (Å²) in [5.74, 6) is 1.30. The van der Waals surface area contributed by atoms with E-state index >= 15 is 0 Å². The average molecular weight is 178 g/mol. The lowest BCUT2D eigenvalue weighted by Gasteiger charge is -2.24. The van der Waals surface area contributed by atoms with Crippen LogP contribution in [0.25, 0.3) is 0 Å². The van der Waals surface area contributed by atoms with Crippen molar-refractivity contribution in [3.63, 3.8) is 0 Å². The van der Waals surface area contributed by atoms with Crippen LogP contribution in [0, 0.1) is 6.92 Å². The quantitative estimate of drug-likeness (QED) is 0.638. The Labute approximate surface area is 75.8 Å². The van der Waals surface area contributed by atoms with Gasteiger partial charge in [-0.05, 0) is 6.92 Å². The maximum absolute atomic E-state index is 11.2. The van der Waals surface area contributed by atoms with Gasteiger partial charge in [0.25, 0.3) is 0 Å². The van der Waals surface area contributed by atoms with E-state index in [0.717, 1.165) is 5.56 Å². The molecular formula is C8H10N4O. The standard InChI is InChI=1S/C8H10N4O/c1-5-9-3-6-4-12(2)8(13)11-7(6)10-5/h3H,4H2,1-2H3,(H,9,10,11,13). The Bertz CT molecular complexity index is 363. The zero-order valence-electron chi connectivity index (χ0n) is 7.53. The van der Waals surface area contributed by atoms with Gasteiger partial charge < -0.3 is 4.90 Å². The number of carbonyl (C=O) groups is 1. The minimum Gasteiger partial charge on any atom is -0.323 e. The van der Waals surface area contributed by atoms with Gasteiger partial charge in [-0.15, -0.1) is 0 Å². The first-order valence-electron chi connectivity index (χ1n) is 4.01. The number of urea groups is 1. The molecule has 1 aliphatic rings. The van der Waals surface area contributed by atoms with Crippen LogP contribution in [0.2, 0.25) is 0 Å². The van der Waals surface area contributed by atoms with E-state index in [1.54, 1.807) is 25.1 Å². The van der Waals surface area contributed by atoms with Crippen LogP contribution >= 0.6 is 0 Å². The van der Waals surface area contributed by atoms with Crippen molar-refractivity contribution in [3.05, 3.63) is 17.6 Å². The van der Waals surface area contributed by atoms with Crippen molar-refractivity contribution in [2.24, 2.45) is 0 Å². The summed E-state index contributed by atoms with van der Waals surface area (Å²) in [6.45, 7) is 2.37. The summed E-state index contributed by atoms with van der Waals surface area (Å²) >= 11 is 0. The summed E-state index contributed by atoms with van der Waals surface area (Å²) in [6, 6.07) is -0.120. The fraction of sp³-hybridized carbons (Fsp3) is 0.375. The molecule has 0 unspecified atom stereocenters. The number of anilines is 1. The monoisotopic (exact) mass is 178 g/mol. The number of amides is 2. The van der Waals surface area contributed by atoms with Crippen LogP contribution < -0.4 is 5.32 Å². The van der Waals surface area contributed by atoms with E-state index in [1.165, 1.54) is 0 Å². The number of carbonyl (C=O) groups excluding carboxylic acids is 1. The van der Waals surface area contributed by atoms with Gasteiger partial charge in [-0.25, -0.2) is 14.8 Å². The van der Waals surface area contributed by atoms with Gasteiger partial charge in [0.15, 0.2) is 0 Å². The highest BCUT2D eigenvalue weighted by Gasteiger charge is 2.20. The van der Waals surface area contributed by atoms with Crippen molar-refractivity contribution >= 4 is 11.8 Å². The second kappa shape index (κ2) is 2.69. The third-order valence-corrected chi connectivity index (χ3v) is 1.96. The molecule has 1 aromatic heterocycles. The van der Waals surface area contributed by atoms with E-state index < -0.39 is 0 Å². The maximum atomic E-state index is 11.2.